The summed E-state index contributed by atoms with van der Waals surface area (Å²) in [5, 5.41) is 13.1. The molecule has 0 radical (unpaired) electrons. The van der Waals surface area contributed by atoms with Gasteiger partial charge in [0.25, 0.3) is 0 Å². The summed E-state index contributed by atoms with van der Waals surface area (Å²) in [5.41, 5.74) is 0. The van der Waals surface area contributed by atoms with E-state index in [1.165, 1.54) is 0 Å². The standard InChI is InChI=1S/C6H12N2O3.C2H6/c1-4(7-2)6(11)8-3-5(9)10;1-2/h4,7H,3H2,1-2H3,(H,8,11)(H,9,10);1-2H3. The molecule has 0 saturated carbocycles. The van der Waals surface area contributed by atoms with Crippen molar-refractivity contribution in [3.63, 3.8) is 0 Å². The molecule has 3 N–H and O–H groups in total. The van der Waals surface area contributed by atoms with E-state index >= 15 is 0 Å². The lowest BCUT2D eigenvalue weighted by atomic mass is 10.3. The molecule has 0 aromatic rings. The second kappa shape index (κ2) is 8.99. The van der Waals surface area contributed by atoms with Gasteiger partial charge in [0.1, 0.15) is 6.54 Å². The molecule has 0 heterocycles. The molecule has 0 aromatic heterocycles. The third kappa shape index (κ3) is 8.81. The lowest BCUT2D eigenvalue weighted by molar-refractivity contribution is -0.138. The Kier molecular flexibility index (Phi) is 9.98. The summed E-state index contributed by atoms with van der Waals surface area (Å²) in [6.07, 6.45) is 0. The van der Waals surface area contributed by atoms with Crippen LogP contribution in [0.25, 0.3) is 0 Å². The Morgan fingerprint density at radius 3 is 2.15 bits per heavy atom. The predicted molar refractivity (Wildman–Crippen MR) is 50.5 cm³/mol. The van der Waals surface area contributed by atoms with Crippen molar-refractivity contribution in [1.82, 2.24) is 10.6 Å². The maximum absolute atomic E-state index is 10.8. The molecule has 0 fully saturated rings. The molecule has 5 heteroatoms. The smallest absolute Gasteiger partial charge is 0.322 e. The first kappa shape index (κ1) is 14.4. The Bertz CT molecular complexity index is 159. The van der Waals surface area contributed by atoms with Crippen LogP contribution in [0.3, 0.4) is 0 Å². The zero-order valence-corrected chi connectivity index (χ0v) is 8.55. The van der Waals surface area contributed by atoms with Crippen molar-refractivity contribution in [1.29, 1.82) is 0 Å². The van der Waals surface area contributed by atoms with Crippen molar-refractivity contribution >= 4 is 11.9 Å². The number of carboxylic acids is 1. The van der Waals surface area contributed by atoms with Crippen molar-refractivity contribution in [2.24, 2.45) is 0 Å². The van der Waals surface area contributed by atoms with Gasteiger partial charge in [0.05, 0.1) is 6.04 Å². The Morgan fingerprint density at radius 2 is 1.85 bits per heavy atom. The number of amides is 1. The van der Waals surface area contributed by atoms with E-state index in [1.807, 2.05) is 13.8 Å². The molecule has 0 spiro atoms. The van der Waals surface area contributed by atoms with Gasteiger partial charge in [-0.25, -0.2) is 0 Å². The largest absolute Gasteiger partial charge is 0.480 e. The number of nitrogens with one attached hydrogen (secondary N) is 2. The van der Waals surface area contributed by atoms with E-state index in [9.17, 15) is 9.59 Å². The van der Waals surface area contributed by atoms with Gasteiger partial charge < -0.3 is 15.7 Å². The molecule has 0 aliphatic carbocycles. The van der Waals surface area contributed by atoms with E-state index < -0.39 is 5.97 Å². The molecule has 0 bridgehead atoms. The molecular formula is C8H18N2O3. The number of likely N-dealkylation sites (N-methyl/N-ethyl adjacent to an activating group) is 1. The van der Waals surface area contributed by atoms with Gasteiger partial charge in [-0.1, -0.05) is 13.8 Å². The van der Waals surface area contributed by atoms with Crippen LogP contribution in [0.5, 0.6) is 0 Å². The summed E-state index contributed by atoms with van der Waals surface area (Å²) in [4.78, 5) is 20.8. The van der Waals surface area contributed by atoms with Crippen molar-refractivity contribution < 1.29 is 14.7 Å². The van der Waals surface area contributed by atoms with Crippen LogP contribution < -0.4 is 10.6 Å². The van der Waals surface area contributed by atoms with Crippen LogP contribution in [0, 0.1) is 0 Å². The van der Waals surface area contributed by atoms with Crippen LogP contribution >= 0.6 is 0 Å². The zero-order valence-electron chi connectivity index (χ0n) is 8.55. The Balaban J connectivity index is 0. The number of carbonyl (C=O) groups excluding carboxylic acids is 1. The van der Waals surface area contributed by atoms with Gasteiger partial charge in [-0.05, 0) is 14.0 Å². The van der Waals surface area contributed by atoms with Crippen LogP contribution in [0.2, 0.25) is 0 Å². The molecule has 78 valence electrons. The minimum Gasteiger partial charge on any atom is -0.480 e. The van der Waals surface area contributed by atoms with E-state index in [1.54, 1.807) is 14.0 Å². The Morgan fingerprint density at radius 1 is 1.38 bits per heavy atom. The first-order valence-corrected chi connectivity index (χ1v) is 4.24. The summed E-state index contributed by atoms with van der Waals surface area (Å²) in [6, 6.07) is -0.352. The third-order valence-electron chi connectivity index (χ3n) is 1.24. The summed E-state index contributed by atoms with van der Waals surface area (Å²) < 4.78 is 0. The maximum Gasteiger partial charge on any atom is 0.322 e. The van der Waals surface area contributed by atoms with E-state index in [-0.39, 0.29) is 18.5 Å². The quantitative estimate of drug-likeness (QED) is 0.574. The molecule has 0 saturated heterocycles. The fourth-order valence-electron chi connectivity index (χ4n) is 0.447. The highest BCUT2D eigenvalue weighted by Crippen LogP contribution is 1.77. The van der Waals surface area contributed by atoms with E-state index in [4.69, 9.17) is 5.11 Å². The summed E-state index contributed by atoms with van der Waals surface area (Å²) in [7, 11) is 1.63. The van der Waals surface area contributed by atoms with Crippen LogP contribution in [-0.2, 0) is 9.59 Å². The van der Waals surface area contributed by atoms with Gasteiger partial charge in [-0.3, -0.25) is 9.59 Å². The zero-order chi connectivity index (χ0) is 10.9. The monoisotopic (exact) mass is 190 g/mol. The van der Waals surface area contributed by atoms with Gasteiger partial charge in [0.15, 0.2) is 0 Å². The number of rotatable bonds is 4. The van der Waals surface area contributed by atoms with Crippen LogP contribution in [0.1, 0.15) is 20.8 Å². The Labute approximate surface area is 78.5 Å². The summed E-state index contributed by atoms with van der Waals surface area (Å²) in [6.45, 7) is 5.32. The van der Waals surface area contributed by atoms with Crippen LogP contribution in [-0.4, -0.2) is 36.6 Å². The fraction of sp³-hybridized carbons (Fsp3) is 0.750. The number of carboxylic acid groups (broad SMARTS) is 1. The Hall–Kier alpha value is -1.10. The fourth-order valence-corrected chi connectivity index (χ4v) is 0.447. The van der Waals surface area contributed by atoms with Crippen molar-refractivity contribution in [3.05, 3.63) is 0 Å². The van der Waals surface area contributed by atoms with Crippen molar-refractivity contribution in [2.75, 3.05) is 13.6 Å². The number of aliphatic carboxylic acids is 1. The van der Waals surface area contributed by atoms with Gasteiger partial charge >= 0.3 is 5.97 Å². The number of hydrogen-bond acceptors (Lipinski definition) is 3. The topological polar surface area (TPSA) is 78.4 Å². The highest BCUT2D eigenvalue weighted by molar-refractivity contribution is 5.84. The maximum atomic E-state index is 10.8. The summed E-state index contributed by atoms with van der Waals surface area (Å²) in [5.74, 6) is -1.35. The van der Waals surface area contributed by atoms with Crippen LogP contribution in [0.4, 0.5) is 0 Å². The average molecular weight is 190 g/mol. The molecule has 0 aromatic carbocycles. The normalized spacial score (nSPS) is 10.8. The second-order valence-corrected chi connectivity index (χ2v) is 2.12. The highest BCUT2D eigenvalue weighted by Gasteiger charge is 2.09. The molecule has 0 aliphatic heterocycles. The molecule has 13 heavy (non-hydrogen) atoms. The first-order valence-electron chi connectivity index (χ1n) is 4.24. The number of carbonyl (C=O) groups is 2. The summed E-state index contributed by atoms with van der Waals surface area (Å²) >= 11 is 0. The molecule has 0 aliphatic rings. The lowest BCUT2D eigenvalue weighted by Gasteiger charge is -2.08. The van der Waals surface area contributed by atoms with Gasteiger partial charge in [0, 0.05) is 0 Å². The molecular weight excluding hydrogens is 172 g/mol. The van der Waals surface area contributed by atoms with E-state index in [2.05, 4.69) is 10.6 Å². The van der Waals surface area contributed by atoms with Crippen molar-refractivity contribution in [3.8, 4) is 0 Å². The van der Waals surface area contributed by atoms with Gasteiger partial charge in [-0.2, -0.15) is 0 Å². The van der Waals surface area contributed by atoms with Crippen molar-refractivity contribution in [2.45, 2.75) is 26.8 Å². The highest BCUT2D eigenvalue weighted by atomic mass is 16.4. The molecule has 1 amide bonds. The first-order chi connectivity index (χ1) is 6.07. The van der Waals surface area contributed by atoms with Gasteiger partial charge in [-0.15, -0.1) is 0 Å². The number of hydrogen-bond donors (Lipinski definition) is 3. The third-order valence-corrected chi connectivity index (χ3v) is 1.24. The SMILES string of the molecule is CC.CNC(C)C(=O)NCC(=O)O. The lowest BCUT2D eigenvalue weighted by Crippen LogP contribution is -2.42. The minimum atomic E-state index is -1.04. The van der Waals surface area contributed by atoms with E-state index in [0.717, 1.165) is 0 Å². The molecule has 5 nitrogen and oxygen atoms in total. The van der Waals surface area contributed by atoms with E-state index in [0.29, 0.717) is 0 Å². The van der Waals surface area contributed by atoms with Crippen LogP contribution in [0.15, 0.2) is 0 Å². The molecule has 0 rings (SSSR count). The minimum absolute atomic E-state index is 0.310. The molecule has 1 unspecified atom stereocenters. The molecule has 1 atom stereocenters. The van der Waals surface area contributed by atoms with Gasteiger partial charge in [0.2, 0.25) is 5.91 Å². The average Bonchev–Trinajstić information content (AvgIpc) is 2.16. The second-order valence-electron chi connectivity index (χ2n) is 2.12. The predicted octanol–water partition coefficient (Wildman–Crippen LogP) is -0.179.